The zero-order valence-electron chi connectivity index (χ0n) is 13.1. The normalized spacial score (nSPS) is 19.8. The second kappa shape index (κ2) is 6.34. The summed E-state index contributed by atoms with van der Waals surface area (Å²) in [5.41, 5.74) is 1.05. The Morgan fingerprint density at radius 1 is 1.27 bits per heavy atom. The molecule has 0 aliphatic carbocycles. The van der Waals surface area contributed by atoms with Crippen LogP contribution in [0.15, 0.2) is 0 Å². The molecule has 2 aliphatic heterocycles. The molecule has 3 heterocycles. The summed E-state index contributed by atoms with van der Waals surface area (Å²) in [5, 5.41) is 3.23. The first-order valence-corrected chi connectivity index (χ1v) is 8.62. The van der Waals surface area contributed by atoms with Gasteiger partial charge in [0.15, 0.2) is 5.13 Å². The molecule has 1 fully saturated rings. The molecule has 120 valence electrons. The van der Waals surface area contributed by atoms with Gasteiger partial charge in [0.2, 0.25) is 0 Å². The zero-order valence-corrected chi connectivity index (χ0v) is 13.9. The largest absolute Gasteiger partial charge is 0.334 e. The van der Waals surface area contributed by atoms with Gasteiger partial charge < -0.3 is 9.80 Å². The quantitative estimate of drug-likeness (QED) is 0.792. The fourth-order valence-electron chi connectivity index (χ4n) is 2.88. The molecule has 0 aromatic carbocycles. The molecule has 1 saturated heterocycles. The first-order chi connectivity index (χ1) is 10.5. The van der Waals surface area contributed by atoms with E-state index in [4.69, 9.17) is 0 Å². The third-order valence-corrected chi connectivity index (χ3v) is 5.41. The second-order valence-electron chi connectivity index (χ2n) is 6.31. The minimum Gasteiger partial charge on any atom is -0.334 e. The molecule has 1 N–H and O–H groups in total. The molecule has 1 aromatic heterocycles. The average molecular weight is 322 g/mol. The van der Waals surface area contributed by atoms with Gasteiger partial charge in [0.1, 0.15) is 0 Å². The van der Waals surface area contributed by atoms with Crippen LogP contribution < -0.4 is 5.32 Å². The molecule has 0 radical (unpaired) electrons. The molecule has 0 spiro atoms. The monoisotopic (exact) mass is 322 g/mol. The molecule has 7 heteroatoms. The number of hydrogen-bond donors (Lipinski definition) is 1. The van der Waals surface area contributed by atoms with Crippen LogP contribution in [-0.2, 0) is 22.6 Å². The molecule has 3 rings (SSSR count). The number of anilines is 1. The Bertz CT molecular complexity index is 578. The lowest BCUT2D eigenvalue weighted by Crippen LogP contribution is -2.43. The Morgan fingerprint density at radius 3 is 2.73 bits per heavy atom. The Morgan fingerprint density at radius 2 is 2.00 bits per heavy atom. The molecular formula is C15H22N4O2S. The van der Waals surface area contributed by atoms with Crippen LogP contribution in [-0.4, -0.2) is 53.3 Å². The van der Waals surface area contributed by atoms with Gasteiger partial charge in [-0.05, 0) is 25.8 Å². The van der Waals surface area contributed by atoms with Crippen molar-refractivity contribution in [3.63, 3.8) is 0 Å². The number of hydrogen-bond acceptors (Lipinski definition) is 5. The van der Waals surface area contributed by atoms with Crippen LogP contribution >= 0.6 is 11.3 Å². The van der Waals surface area contributed by atoms with Crippen LogP contribution in [0.3, 0.4) is 0 Å². The van der Waals surface area contributed by atoms with Crippen LogP contribution in [0.2, 0.25) is 0 Å². The van der Waals surface area contributed by atoms with E-state index in [0.717, 1.165) is 38.0 Å². The van der Waals surface area contributed by atoms with E-state index in [1.54, 1.807) is 4.90 Å². The van der Waals surface area contributed by atoms with E-state index in [1.807, 2.05) is 0 Å². The van der Waals surface area contributed by atoms with Crippen LogP contribution in [0.5, 0.6) is 0 Å². The molecule has 2 aliphatic rings. The number of carbonyl (C=O) groups is 2. The van der Waals surface area contributed by atoms with Crippen LogP contribution in [0.1, 0.15) is 30.3 Å². The summed E-state index contributed by atoms with van der Waals surface area (Å²) in [6.45, 7) is 5.37. The fourth-order valence-corrected chi connectivity index (χ4v) is 3.97. The van der Waals surface area contributed by atoms with E-state index in [1.165, 1.54) is 16.2 Å². The van der Waals surface area contributed by atoms with Crippen molar-refractivity contribution in [1.82, 2.24) is 14.8 Å². The highest BCUT2D eigenvalue weighted by molar-refractivity contribution is 7.16. The Labute approximate surface area is 134 Å². The van der Waals surface area contributed by atoms with E-state index in [2.05, 4.69) is 29.2 Å². The SMILES string of the molecule is CC1CCN(C(=O)C(=O)Nc2nc3c(s2)CN(C)CC3)CC1. The summed E-state index contributed by atoms with van der Waals surface area (Å²) >= 11 is 1.48. The van der Waals surface area contributed by atoms with E-state index in [9.17, 15) is 9.59 Å². The van der Waals surface area contributed by atoms with Crippen molar-refractivity contribution >= 4 is 28.3 Å². The van der Waals surface area contributed by atoms with E-state index >= 15 is 0 Å². The highest BCUT2D eigenvalue weighted by Crippen LogP contribution is 2.27. The molecule has 0 atom stereocenters. The Hall–Kier alpha value is -1.47. The maximum absolute atomic E-state index is 12.2. The summed E-state index contributed by atoms with van der Waals surface area (Å²) in [6.07, 6.45) is 2.84. The maximum atomic E-state index is 12.2. The van der Waals surface area contributed by atoms with Gasteiger partial charge in [0.25, 0.3) is 0 Å². The molecule has 22 heavy (non-hydrogen) atoms. The number of thiazole rings is 1. The summed E-state index contributed by atoms with van der Waals surface area (Å²) < 4.78 is 0. The van der Waals surface area contributed by atoms with E-state index in [0.29, 0.717) is 24.1 Å². The first-order valence-electron chi connectivity index (χ1n) is 7.80. The van der Waals surface area contributed by atoms with Gasteiger partial charge >= 0.3 is 11.8 Å². The van der Waals surface area contributed by atoms with Gasteiger partial charge in [-0.25, -0.2) is 4.98 Å². The van der Waals surface area contributed by atoms with E-state index in [-0.39, 0.29) is 0 Å². The third kappa shape index (κ3) is 3.30. The second-order valence-corrected chi connectivity index (χ2v) is 7.39. The molecule has 2 amide bonds. The van der Waals surface area contributed by atoms with Gasteiger partial charge in [0.05, 0.1) is 5.69 Å². The van der Waals surface area contributed by atoms with Crippen molar-refractivity contribution in [1.29, 1.82) is 0 Å². The summed E-state index contributed by atoms with van der Waals surface area (Å²) in [7, 11) is 2.07. The number of likely N-dealkylation sites (N-methyl/N-ethyl adjacent to an activating group) is 1. The lowest BCUT2D eigenvalue weighted by Gasteiger charge is -2.29. The van der Waals surface area contributed by atoms with Gasteiger partial charge in [0, 0.05) is 37.5 Å². The molecule has 6 nitrogen and oxygen atoms in total. The number of nitrogens with one attached hydrogen (secondary N) is 1. The predicted octanol–water partition coefficient (Wildman–Crippen LogP) is 1.33. The van der Waals surface area contributed by atoms with Crippen molar-refractivity contribution in [2.75, 3.05) is 32.0 Å². The topological polar surface area (TPSA) is 65.5 Å². The predicted molar refractivity (Wildman–Crippen MR) is 85.8 cm³/mol. The van der Waals surface area contributed by atoms with Crippen LogP contribution in [0.4, 0.5) is 5.13 Å². The summed E-state index contributed by atoms with van der Waals surface area (Å²) in [5.74, 6) is -0.360. The highest BCUT2D eigenvalue weighted by Gasteiger charge is 2.27. The lowest BCUT2D eigenvalue weighted by atomic mass is 9.99. The number of amides is 2. The lowest BCUT2D eigenvalue weighted by molar-refractivity contribution is -0.144. The number of fused-ring (bicyclic) bond motifs is 1. The van der Waals surface area contributed by atoms with Crippen LogP contribution in [0, 0.1) is 5.92 Å². The summed E-state index contributed by atoms with van der Waals surface area (Å²) in [6, 6.07) is 0. The Balaban J connectivity index is 1.61. The summed E-state index contributed by atoms with van der Waals surface area (Å²) in [4.78, 5) is 33.8. The molecule has 0 bridgehead atoms. The average Bonchev–Trinajstić information content (AvgIpc) is 2.88. The smallest absolute Gasteiger partial charge is 0.315 e. The van der Waals surface area contributed by atoms with Crippen molar-refractivity contribution in [3.05, 3.63) is 10.6 Å². The highest BCUT2D eigenvalue weighted by atomic mass is 32.1. The van der Waals surface area contributed by atoms with Crippen molar-refractivity contribution in [2.24, 2.45) is 5.92 Å². The fraction of sp³-hybridized carbons (Fsp3) is 0.667. The van der Waals surface area contributed by atoms with Crippen LogP contribution in [0.25, 0.3) is 0 Å². The van der Waals surface area contributed by atoms with Gasteiger partial charge in [-0.15, -0.1) is 11.3 Å². The molecule has 1 aromatic rings. The van der Waals surface area contributed by atoms with Crippen molar-refractivity contribution in [2.45, 2.75) is 32.7 Å². The standard InChI is InChI=1S/C15H22N4O2S/c1-10-3-7-19(8-4-10)14(21)13(20)17-15-16-11-5-6-18(2)9-12(11)22-15/h10H,3-9H2,1-2H3,(H,16,17,20). The van der Waals surface area contributed by atoms with Gasteiger partial charge in [-0.2, -0.15) is 0 Å². The maximum Gasteiger partial charge on any atom is 0.315 e. The van der Waals surface area contributed by atoms with Gasteiger partial charge in [-0.1, -0.05) is 6.92 Å². The number of nitrogens with zero attached hydrogens (tertiary/aromatic N) is 3. The minimum atomic E-state index is -0.561. The number of aromatic nitrogens is 1. The molecule has 0 saturated carbocycles. The zero-order chi connectivity index (χ0) is 15.7. The number of rotatable bonds is 1. The minimum absolute atomic E-state index is 0.433. The van der Waals surface area contributed by atoms with Gasteiger partial charge in [-0.3, -0.25) is 14.9 Å². The molecule has 0 unspecified atom stereocenters. The number of piperidine rings is 1. The molecular weight excluding hydrogens is 300 g/mol. The van der Waals surface area contributed by atoms with Crippen molar-refractivity contribution in [3.8, 4) is 0 Å². The number of carbonyl (C=O) groups excluding carboxylic acids is 2. The van der Waals surface area contributed by atoms with Crippen molar-refractivity contribution < 1.29 is 9.59 Å². The third-order valence-electron chi connectivity index (χ3n) is 4.41. The number of likely N-dealkylation sites (tertiary alicyclic amines) is 1. The first kappa shape index (κ1) is 15.4. The Kier molecular flexibility index (Phi) is 4.44. The van der Waals surface area contributed by atoms with E-state index < -0.39 is 11.8 Å².